The van der Waals surface area contributed by atoms with Gasteiger partial charge in [0.25, 0.3) is 5.69 Å². The zero-order chi connectivity index (χ0) is 10.7. The summed E-state index contributed by atoms with van der Waals surface area (Å²) < 4.78 is 24.4. The first-order valence-electron chi connectivity index (χ1n) is 3.63. The summed E-state index contributed by atoms with van der Waals surface area (Å²) in [7, 11) is 1.92. The highest BCUT2D eigenvalue weighted by Crippen LogP contribution is 2.39. The van der Waals surface area contributed by atoms with Crippen LogP contribution < -0.4 is 5.46 Å². The first-order valence-corrected chi connectivity index (χ1v) is 4.82. The van der Waals surface area contributed by atoms with Gasteiger partial charge in [-0.2, -0.15) is 0 Å². The third kappa shape index (κ3) is 2.51. The van der Waals surface area contributed by atoms with E-state index in [1.54, 1.807) is 0 Å². The van der Waals surface area contributed by atoms with Crippen molar-refractivity contribution in [2.24, 2.45) is 0 Å². The zero-order valence-electron chi connectivity index (χ0n) is 6.93. The molecular weight excluding hydrogens is 209 g/mol. The maximum Gasteiger partial charge on any atom is 0.269 e. The molecule has 1 aromatic carbocycles. The van der Waals surface area contributed by atoms with Crippen molar-refractivity contribution >= 4 is 33.6 Å². The van der Waals surface area contributed by atoms with E-state index in [9.17, 15) is 18.5 Å². The maximum atomic E-state index is 12.2. The number of nitrogens with zero attached hydrogens (tertiary/aromatic N) is 1. The topological polar surface area (TPSA) is 43.1 Å². The summed E-state index contributed by atoms with van der Waals surface area (Å²) in [6, 6.07) is 4.82. The number of non-ortho nitro benzene ring substituents is 1. The Morgan fingerprint density at radius 2 is 1.86 bits per heavy atom. The van der Waals surface area contributed by atoms with Crippen LogP contribution in [0, 0.1) is 10.1 Å². The second kappa shape index (κ2) is 4.51. The molecule has 0 bridgehead atoms. The highest BCUT2D eigenvalue weighted by Gasteiger charge is 2.22. The summed E-state index contributed by atoms with van der Waals surface area (Å²) in [5, 5.41) is 10.2. The minimum Gasteiger partial charge on any atom is -0.258 e. The second-order valence-electron chi connectivity index (χ2n) is 2.55. The molecule has 8 heteroatoms. The summed E-state index contributed by atoms with van der Waals surface area (Å²) in [5.41, 5.74) is 0.0784. The van der Waals surface area contributed by atoms with E-state index in [0.29, 0.717) is 0 Å². The fourth-order valence-electron chi connectivity index (χ4n) is 0.906. The van der Waals surface area contributed by atoms with Crippen LogP contribution in [0.1, 0.15) is 0 Å². The van der Waals surface area contributed by atoms with Crippen molar-refractivity contribution in [1.29, 1.82) is 0 Å². The van der Waals surface area contributed by atoms with Crippen molar-refractivity contribution in [3.05, 3.63) is 34.4 Å². The van der Waals surface area contributed by atoms with Gasteiger partial charge in [-0.3, -0.25) is 10.1 Å². The van der Waals surface area contributed by atoms with Gasteiger partial charge >= 0.3 is 0 Å². The smallest absolute Gasteiger partial charge is 0.258 e. The summed E-state index contributed by atoms with van der Waals surface area (Å²) in [6.07, 6.45) is -1.33. The van der Waals surface area contributed by atoms with Crippen molar-refractivity contribution in [1.82, 2.24) is 0 Å². The standard InChI is InChI=1S/C6H4B2F2NO2P/c7-8(14(9)10)5-1-3-6(4-2-5)11(12)13/h1-4H. The van der Waals surface area contributed by atoms with Crippen LogP contribution in [0.2, 0.25) is 0 Å². The molecule has 1 aromatic rings. The Morgan fingerprint density at radius 1 is 1.36 bits per heavy atom. The van der Waals surface area contributed by atoms with Gasteiger partial charge in [0.15, 0.2) is 0 Å². The van der Waals surface area contributed by atoms with Gasteiger partial charge in [-0.1, -0.05) is 17.6 Å². The van der Waals surface area contributed by atoms with E-state index in [2.05, 4.69) is 0 Å². The lowest BCUT2D eigenvalue weighted by atomic mass is 9.49. The SMILES string of the molecule is [B]B(c1ccc([N+](=O)[O-])cc1)P(F)F. The lowest BCUT2D eigenvalue weighted by molar-refractivity contribution is -0.384. The minimum absolute atomic E-state index is 0.136. The average molecular weight is 213 g/mol. The average Bonchev–Trinajstić information content (AvgIpc) is 2.16. The first kappa shape index (κ1) is 11.1. The van der Waals surface area contributed by atoms with E-state index < -0.39 is 19.7 Å². The number of hydrogen-bond acceptors (Lipinski definition) is 2. The third-order valence-electron chi connectivity index (χ3n) is 1.66. The first-order chi connectivity index (χ1) is 6.52. The van der Waals surface area contributed by atoms with Crippen LogP contribution in [0.15, 0.2) is 24.3 Å². The zero-order valence-corrected chi connectivity index (χ0v) is 7.83. The van der Waals surface area contributed by atoms with Crippen LogP contribution in [-0.4, -0.2) is 19.0 Å². The van der Waals surface area contributed by atoms with E-state index in [1.165, 1.54) is 12.1 Å². The summed E-state index contributed by atoms with van der Waals surface area (Å²) in [5.74, 6) is 0. The van der Waals surface area contributed by atoms with Crippen LogP contribution in [-0.2, 0) is 0 Å². The van der Waals surface area contributed by atoms with E-state index in [1.807, 2.05) is 0 Å². The molecule has 0 saturated carbocycles. The van der Waals surface area contributed by atoms with Gasteiger partial charge in [0.2, 0.25) is 14.7 Å². The molecule has 0 unspecified atom stereocenters. The van der Waals surface area contributed by atoms with Crippen molar-refractivity contribution < 1.29 is 13.3 Å². The van der Waals surface area contributed by atoms with Crippen LogP contribution in [0.3, 0.4) is 0 Å². The molecule has 0 spiro atoms. The fourth-order valence-corrected chi connectivity index (χ4v) is 1.30. The van der Waals surface area contributed by atoms with Crippen LogP contribution in [0.4, 0.5) is 14.1 Å². The number of halogens is 2. The van der Waals surface area contributed by atoms with Crippen LogP contribution in [0.5, 0.6) is 0 Å². The van der Waals surface area contributed by atoms with Gasteiger partial charge in [-0.25, -0.2) is 8.39 Å². The van der Waals surface area contributed by atoms with Crippen molar-refractivity contribution in [2.75, 3.05) is 0 Å². The third-order valence-corrected chi connectivity index (χ3v) is 2.37. The minimum atomic E-state index is -3.26. The largest absolute Gasteiger partial charge is 0.269 e. The van der Waals surface area contributed by atoms with Gasteiger partial charge in [-0.15, -0.1) is 0 Å². The van der Waals surface area contributed by atoms with E-state index >= 15 is 0 Å². The molecule has 0 heterocycles. The van der Waals surface area contributed by atoms with Crippen LogP contribution >= 0.6 is 8.42 Å². The molecule has 0 amide bonds. The predicted octanol–water partition coefficient (Wildman–Crippen LogP) is 1.71. The molecule has 0 atom stereocenters. The number of rotatable bonds is 3. The highest BCUT2D eigenvalue weighted by molar-refractivity contribution is 7.92. The van der Waals surface area contributed by atoms with Gasteiger partial charge in [0, 0.05) is 19.9 Å². The molecule has 0 aromatic heterocycles. The van der Waals surface area contributed by atoms with Crippen molar-refractivity contribution in [3.8, 4) is 0 Å². The number of hydrogen-bond donors (Lipinski definition) is 0. The summed E-state index contributed by atoms with van der Waals surface area (Å²) >= 11 is 0. The summed E-state index contributed by atoms with van der Waals surface area (Å²) in [6.45, 7) is 0. The lowest BCUT2D eigenvalue weighted by Crippen LogP contribution is -2.27. The number of nitro groups is 1. The molecule has 0 fully saturated rings. The molecule has 3 nitrogen and oxygen atoms in total. The Hall–Kier alpha value is -0.960. The van der Waals surface area contributed by atoms with Crippen molar-refractivity contribution in [3.63, 3.8) is 0 Å². The molecule has 14 heavy (non-hydrogen) atoms. The van der Waals surface area contributed by atoms with E-state index in [4.69, 9.17) is 7.74 Å². The Bertz CT molecular complexity index is 335. The Kier molecular flexibility index (Phi) is 3.58. The monoisotopic (exact) mass is 213 g/mol. The molecule has 2 radical (unpaired) electrons. The van der Waals surface area contributed by atoms with E-state index in [-0.39, 0.29) is 11.2 Å². The molecule has 0 aliphatic heterocycles. The quantitative estimate of drug-likeness (QED) is 0.331. The van der Waals surface area contributed by atoms with Gasteiger partial charge in [0.05, 0.1) is 4.92 Å². The molecule has 1 rings (SSSR count). The molecule has 0 aliphatic carbocycles. The molecule has 0 saturated heterocycles. The van der Waals surface area contributed by atoms with Gasteiger partial charge in [0.1, 0.15) is 0 Å². The predicted molar refractivity (Wildman–Crippen MR) is 53.4 cm³/mol. The van der Waals surface area contributed by atoms with Gasteiger partial charge < -0.3 is 0 Å². The summed E-state index contributed by atoms with van der Waals surface area (Å²) in [4.78, 5) is 9.65. The molecule has 0 aliphatic rings. The second-order valence-corrected chi connectivity index (χ2v) is 3.63. The molecule has 0 N–H and O–H groups in total. The maximum absolute atomic E-state index is 12.2. The Morgan fingerprint density at radius 3 is 2.21 bits per heavy atom. The number of nitro benzene ring substituents is 1. The highest BCUT2D eigenvalue weighted by atomic mass is 31.2. The molecule has 70 valence electrons. The number of benzene rings is 1. The fraction of sp³-hybridized carbons (Fsp3) is 0. The Balaban J connectivity index is 2.88. The normalized spacial score (nSPS) is 10.2. The molecular formula is C6H4B2F2NO2P. The van der Waals surface area contributed by atoms with Gasteiger partial charge in [-0.05, 0) is 0 Å². The lowest BCUT2D eigenvalue weighted by Gasteiger charge is -2.05. The van der Waals surface area contributed by atoms with Crippen LogP contribution in [0.25, 0.3) is 0 Å². The Labute approximate surface area is 82.1 Å². The van der Waals surface area contributed by atoms with E-state index in [0.717, 1.165) is 12.1 Å². The van der Waals surface area contributed by atoms with Crippen molar-refractivity contribution in [2.45, 2.75) is 0 Å².